The monoisotopic (exact) mass is 529 g/mol. The first-order valence-electron chi connectivity index (χ1n) is 10.9. The van der Waals surface area contributed by atoms with Crippen LogP contribution in [0.15, 0.2) is 45.7 Å². The molecule has 0 radical (unpaired) electrons. The molecule has 10 nitrogen and oxygen atoms in total. The third-order valence-corrected chi connectivity index (χ3v) is 6.30. The quantitative estimate of drug-likeness (QED) is 0.361. The number of carbonyl (C=O) groups is 1. The number of anilines is 1. The molecule has 0 aliphatic heterocycles. The Morgan fingerprint density at radius 3 is 2.56 bits per heavy atom. The van der Waals surface area contributed by atoms with Gasteiger partial charge in [0, 0.05) is 24.4 Å². The standard InChI is InChI=1S/C24H24ClN5O5S/c1-12-10-15(14(3)26-17-6-7-19(25)27-20(17)24(32)29-36(5,33)34)23-16(11-12)21(31)13(2)22(35-23)18-8-9-30(4)28-18/h6-11,14,26H,1-5H3,(H,29,32)/t14-/m1/s1. The molecule has 0 fully saturated rings. The Morgan fingerprint density at radius 1 is 1.19 bits per heavy atom. The average Bonchev–Trinajstić information content (AvgIpc) is 3.22. The van der Waals surface area contributed by atoms with Crippen molar-refractivity contribution in [1.82, 2.24) is 19.5 Å². The molecule has 0 saturated carbocycles. The maximum absolute atomic E-state index is 13.3. The second-order valence-corrected chi connectivity index (χ2v) is 10.7. The van der Waals surface area contributed by atoms with Crippen LogP contribution in [-0.4, -0.2) is 35.3 Å². The van der Waals surface area contributed by atoms with E-state index in [0.29, 0.717) is 33.6 Å². The SMILES string of the molecule is Cc1cc([C@@H](C)Nc2ccc(Cl)nc2C(=O)NS(C)(=O)=O)c2oc(-c3ccn(C)n3)c(C)c(=O)c2c1. The number of sulfonamides is 1. The maximum Gasteiger partial charge on any atom is 0.285 e. The summed E-state index contributed by atoms with van der Waals surface area (Å²) in [5, 5.41) is 7.99. The van der Waals surface area contributed by atoms with Gasteiger partial charge in [0.2, 0.25) is 10.0 Å². The van der Waals surface area contributed by atoms with Gasteiger partial charge in [-0.3, -0.25) is 14.3 Å². The van der Waals surface area contributed by atoms with Crippen LogP contribution >= 0.6 is 11.6 Å². The van der Waals surface area contributed by atoms with Gasteiger partial charge in [0.05, 0.1) is 23.4 Å². The number of carbonyl (C=O) groups excluding carboxylic acids is 1. The summed E-state index contributed by atoms with van der Waals surface area (Å²) in [6.07, 6.45) is 2.63. The lowest BCUT2D eigenvalue weighted by Crippen LogP contribution is -2.31. The summed E-state index contributed by atoms with van der Waals surface area (Å²) in [5.74, 6) is -0.560. The van der Waals surface area contributed by atoms with E-state index in [4.69, 9.17) is 16.0 Å². The van der Waals surface area contributed by atoms with E-state index >= 15 is 0 Å². The molecule has 2 N–H and O–H groups in total. The molecule has 36 heavy (non-hydrogen) atoms. The average molecular weight is 530 g/mol. The summed E-state index contributed by atoms with van der Waals surface area (Å²) < 4.78 is 33.0. The van der Waals surface area contributed by atoms with Crippen LogP contribution in [0.25, 0.3) is 22.4 Å². The molecule has 1 aromatic carbocycles. The van der Waals surface area contributed by atoms with Gasteiger partial charge < -0.3 is 9.73 Å². The number of rotatable bonds is 6. The number of benzene rings is 1. The number of hydrogen-bond donors (Lipinski definition) is 2. The summed E-state index contributed by atoms with van der Waals surface area (Å²) in [5.41, 5.74) is 2.74. The number of hydrogen-bond acceptors (Lipinski definition) is 8. The Kier molecular flexibility index (Phi) is 6.63. The molecule has 0 saturated heterocycles. The first kappa shape index (κ1) is 25.4. The van der Waals surface area contributed by atoms with Gasteiger partial charge in [-0.1, -0.05) is 17.7 Å². The molecular formula is C24H24ClN5O5S. The van der Waals surface area contributed by atoms with Crippen molar-refractivity contribution in [2.75, 3.05) is 11.6 Å². The number of aryl methyl sites for hydroxylation is 2. The van der Waals surface area contributed by atoms with E-state index in [1.807, 2.05) is 24.6 Å². The van der Waals surface area contributed by atoms with Gasteiger partial charge in [-0.05, 0) is 50.6 Å². The Morgan fingerprint density at radius 2 is 1.92 bits per heavy atom. The summed E-state index contributed by atoms with van der Waals surface area (Å²) >= 11 is 5.97. The fourth-order valence-electron chi connectivity index (χ4n) is 3.92. The van der Waals surface area contributed by atoms with Gasteiger partial charge in [0.15, 0.2) is 16.9 Å². The molecule has 4 rings (SSSR count). The molecule has 0 aliphatic rings. The highest BCUT2D eigenvalue weighted by Crippen LogP contribution is 2.32. The number of pyridine rings is 1. The van der Waals surface area contributed by atoms with Gasteiger partial charge in [0.25, 0.3) is 5.91 Å². The summed E-state index contributed by atoms with van der Waals surface area (Å²) in [7, 11) is -2.05. The predicted octanol–water partition coefficient (Wildman–Crippen LogP) is 3.72. The van der Waals surface area contributed by atoms with Crippen LogP contribution in [0.5, 0.6) is 0 Å². The van der Waals surface area contributed by atoms with E-state index in [0.717, 1.165) is 11.8 Å². The van der Waals surface area contributed by atoms with Crippen molar-refractivity contribution >= 4 is 44.2 Å². The molecule has 188 valence electrons. The van der Waals surface area contributed by atoms with Crippen molar-refractivity contribution in [3.63, 3.8) is 0 Å². The third kappa shape index (κ3) is 5.12. The Bertz CT molecular complexity index is 1680. The van der Waals surface area contributed by atoms with Crippen molar-refractivity contribution in [3.05, 3.63) is 74.3 Å². The molecule has 0 bridgehead atoms. The van der Waals surface area contributed by atoms with Crippen LogP contribution in [0, 0.1) is 13.8 Å². The maximum atomic E-state index is 13.3. The van der Waals surface area contributed by atoms with Crippen LogP contribution in [0.2, 0.25) is 5.15 Å². The highest BCUT2D eigenvalue weighted by molar-refractivity contribution is 7.89. The van der Waals surface area contributed by atoms with E-state index in [1.165, 1.54) is 12.1 Å². The Labute approximate surface area is 212 Å². The molecule has 1 amide bonds. The van der Waals surface area contributed by atoms with Gasteiger partial charge in [-0.15, -0.1) is 0 Å². The topological polar surface area (TPSA) is 136 Å². The fraction of sp³-hybridized carbons (Fsp3) is 0.250. The van der Waals surface area contributed by atoms with E-state index < -0.39 is 22.0 Å². The van der Waals surface area contributed by atoms with Crippen molar-refractivity contribution in [2.45, 2.75) is 26.8 Å². The number of fused-ring (bicyclic) bond motifs is 1. The largest absolute Gasteiger partial charge is 0.453 e. The van der Waals surface area contributed by atoms with Gasteiger partial charge in [-0.2, -0.15) is 5.10 Å². The molecule has 0 spiro atoms. The predicted molar refractivity (Wildman–Crippen MR) is 138 cm³/mol. The highest BCUT2D eigenvalue weighted by Gasteiger charge is 2.23. The Hall–Kier alpha value is -3.70. The molecule has 1 atom stereocenters. The first-order valence-corrected chi connectivity index (χ1v) is 13.1. The lowest BCUT2D eigenvalue weighted by Gasteiger charge is -2.20. The third-order valence-electron chi connectivity index (χ3n) is 5.53. The highest BCUT2D eigenvalue weighted by atomic mass is 35.5. The smallest absolute Gasteiger partial charge is 0.285 e. The van der Waals surface area contributed by atoms with Crippen molar-refractivity contribution < 1.29 is 17.6 Å². The molecule has 4 aromatic rings. The second-order valence-electron chi connectivity index (χ2n) is 8.59. The molecule has 0 unspecified atom stereocenters. The van der Waals surface area contributed by atoms with Crippen LogP contribution in [0.1, 0.15) is 40.1 Å². The number of aromatic nitrogens is 3. The van der Waals surface area contributed by atoms with Crippen LogP contribution in [0.4, 0.5) is 5.69 Å². The minimum atomic E-state index is -3.82. The number of nitrogens with zero attached hydrogens (tertiary/aromatic N) is 3. The van der Waals surface area contributed by atoms with Gasteiger partial charge >= 0.3 is 0 Å². The van der Waals surface area contributed by atoms with Crippen molar-refractivity contribution in [1.29, 1.82) is 0 Å². The molecular weight excluding hydrogens is 506 g/mol. The molecule has 0 aliphatic carbocycles. The molecule has 12 heteroatoms. The number of nitrogens with one attached hydrogen (secondary N) is 2. The number of halogens is 1. The van der Waals surface area contributed by atoms with Crippen molar-refractivity contribution in [3.8, 4) is 11.5 Å². The molecule has 3 aromatic heterocycles. The minimum absolute atomic E-state index is 0.0225. The van der Waals surface area contributed by atoms with Crippen molar-refractivity contribution in [2.24, 2.45) is 7.05 Å². The zero-order valence-corrected chi connectivity index (χ0v) is 21.8. The zero-order valence-electron chi connectivity index (χ0n) is 20.2. The normalized spacial score (nSPS) is 12.5. The van der Waals surface area contributed by atoms with Crippen LogP contribution in [-0.2, 0) is 17.1 Å². The summed E-state index contributed by atoms with van der Waals surface area (Å²) in [6.45, 7) is 5.39. The lowest BCUT2D eigenvalue weighted by atomic mass is 9.99. The van der Waals surface area contributed by atoms with E-state index in [9.17, 15) is 18.0 Å². The van der Waals surface area contributed by atoms with E-state index in [2.05, 4.69) is 15.4 Å². The van der Waals surface area contributed by atoms with E-state index in [1.54, 1.807) is 37.0 Å². The van der Waals surface area contributed by atoms with Gasteiger partial charge in [0.1, 0.15) is 16.4 Å². The summed E-state index contributed by atoms with van der Waals surface area (Å²) in [6, 6.07) is 7.92. The summed E-state index contributed by atoms with van der Waals surface area (Å²) in [4.78, 5) is 29.9. The zero-order chi connectivity index (χ0) is 26.4. The second kappa shape index (κ2) is 9.40. The lowest BCUT2D eigenvalue weighted by molar-refractivity contribution is 0.0977. The van der Waals surface area contributed by atoms with Crippen LogP contribution in [0.3, 0.4) is 0 Å². The fourth-order valence-corrected chi connectivity index (χ4v) is 4.50. The van der Waals surface area contributed by atoms with Gasteiger partial charge in [-0.25, -0.2) is 18.1 Å². The number of amides is 1. The Balaban J connectivity index is 1.83. The molecule has 3 heterocycles. The van der Waals surface area contributed by atoms with Crippen LogP contribution < -0.4 is 15.5 Å². The first-order chi connectivity index (χ1) is 16.8. The minimum Gasteiger partial charge on any atom is -0.453 e. The van der Waals surface area contributed by atoms with E-state index in [-0.39, 0.29) is 22.0 Å².